The van der Waals surface area contributed by atoms with Gasteiger partial charge in [-0.05, 0) is 59.0 Å². The molecule has 0 aliphatic heterocycles. The molecule has 0 aliphatic carbocycles. The normalized spacial score (nSPS) is 10.9. The molecule has 9 nitrogen and oxygen atoms in total. The molecule has 0 saturated heterocycles. The highest BCUT2D eigenvalue weighted by Crippen LogP contribution is 2.29. The Bertz CT molecular complexity index is 1460. The van der Waals surface area contributed by atoms with Gasteiger partial charge in [-0.15, -0.1) is 20.4 Å². The van der Waals surface area contributed by atoms with Crippen molar-refractivity contribution in [2.75, 3.05) is 5.32 Å². The number of rotatable bonds is 7. The molecule has 0 spiro atoms. The fourth-order valence-electron chi connectivity index (χ4n) is 3.87. The molecule has 174 valence electrons. The van der Waals surface area contributed by atoms with Gasteiger partial charge in [0.25, 0.3) is 0 Å². The summed E-state index contributed by atoms with van der Waals surface area (Å²) in [4.78, 5) is 12.6. The monoisotopic (exact) mass is 465 g/mol. The number of aromatic nitrogens is 6. The van der Waals surface area contributed by atoms with Crippen molar-refractivity contribution >= 4 is 11.6 Å². The summed E-state index contributed by atoms with van der Waals surface area (Å²) >= 11 is 0. The number of anilines is 1. The molecule has 9 heteroatoms. The minimum Gasteiger partial charge on any atom is -0.421 e. The number of amides is 1. The highest BCUT2D eigenvalue weighted by molar-refractivity contribution is 5.92. The number of carbonyl (C=O) groups excluding carboxylic acids is 1. The van der Waals surface area contributed by atoms with Crippen molar-refractivity contribution in [3.8, 4) is 22.6 Å². The third kappa shape index (κ3) is 5.30. The Labute approximate surface area is 201 Å². The van der Waals surface area contributed by atoms with Gasteiger partial charge >= 0.3 is 0 Å². The van der Waals surface area contributed by atoms with Crippen LogP contribution in [0, 0.1) is 13.8 Å². The second kappa shape index (κ2) is 9.68. The van der Waals surface area contributed by atoms with Gasteiger partial charge in [0.05, 0.1) is 6.42 Å². The number of benzene rings is 3. The summed E-state index contributed by atoms with van der Waals surface area (Å²) in [7, 11) is 0. The van der Waals surface area contributed by atoms with E-state index in [0.717, 1.165) is 39.1 Å². The number of H-pyrrole nitrogens is 1. The van der Waals surface area contributed by atoms with Crippen LogP contribution in [0.1, 0.15) is 28.4 Å². The average molecular weight is 466 g/mol. The molecule has 0 aliphatic rings. The molecule has 3 aromatic carbocycles. The molecular formula is C26H23N7O2. The molecule has 2 N–H and O–H groups in total. The maximum atomic E-state index is 12.6. The fourth-order valence-corrected chi connectivity index (χ4v) is 3.87. The van der Waals surface area contributed by atoms with Crippen LogP contribution >= 0.6 is 0 Å². The summed E-state index contributed by atoms with van der Waals surface area (Å²) < 4.78 is 5.57. The van der Waals surface area contributed by atoms with Crippen LogP contribution in [0.2, 0.25) is 0 Å². The molecule has 0 atom stereocenters. The summed E-state index contributed by atoms with van der Waals surface area (Å²) in [5.74, 6) is 1.54. The van der Waals surface area contributed by atoms with E-state index in [1.165, 1.54) is 0 Å². The molecule has 0 radical (unpaired) electrons. The van der Waals surface area contributed by atoms with E-state index in [-0.39, 0.29) is 12.3 Å². The van der Waals surface area contributed by atoms with Gasteiger partial charge < -0.3 is 9.73 Å². The maximum absolute atomic E-state index is 12.6. The predicted octanol–water partition coefficient (Wildman–Crippen LogP) is 4.31. The second-order valence-electron chi connectivity index (χ2n) is 8.28. The Hall–Kier alpha value is -4.66. The summed E-state index contributed by atoms with van der Waals surface area (Å²) in [6.07, 6.45) is 0.810. The number of nitrogens with zero attached hydrogens (tertiary/aromatic N) is 5. The number of hydrogen-bond donors (Lipinski definition) is 2. The van der Waals surface area contributed by atoms with Crippen LogP contribution in [0.15, 0.2) is 71.1 Å². The van der Waals surface area contributed by atoms with Crippen LogP contribution in [-0.4, -0.2) is 36.7 Å². The van der Waals surface area contributed by atoms with E-state index in [9.17, 15) is 4.79 Å². The zero-order valence-electron chi connectivity index (χ0n) is 19.3. The highest BCUT2D eigenvalue weighted by atomic mass is 16.4. The molecule has 5 aromatic rings. The zero-order valence-corrected chi connectivity index (χ0v) is 19.3. The van der Waals surface area contributed by atoms with Crippen molar-refractivity contribution in [3.63, 3.8) is 0 Å². The SMILES string of the molecule is Cc1nnc(-c2ccc(C)c(-c3ccc(CC(=O)Nc4cccc(Cc5nn[nH]n5)c4)cc3)c2)o1. The molecule has 2 aromatic heterocycles. The fraction of sp³-hybridized carbons (Fsp3) is 0.154. The van der Waals surface area contributed by atoms with Crippen LogP contribution in [0.25, 0.3) is 22.6 Å². The van der Waals surface area contributed by atoms with Crippen LogP contribution in [-0.2, 0) is 17.6 Å². The van der Waals surface area contributed by atoms with Gasteiger partial charge in [0.1, 0.15) is 0 Å². The molecule has 0 unspecified atom stereocenters. The van der Waals surface area contributed by atoms with Crippen molar-refractivity contribution in [2.45, 2.75) is 26.7 Å². The molecule has 1 amide bonds. The van der Waals surface area contributed by atoms with Gasteiger partial charge in [-0.1, -0.05) is 47.7 Å². The number of nitrogens with one attached hydrogen (secondary N) is 2. The van der Waals surface area contributed by atoms with Crippen LogP contribution < -0.4 is 5.32 Å². The molecule has 35 heavy (non-hydrogen) atoms. The lowest BCUT2D eigenvalue weighted by Gasteiger charge is -2.10. The van der Waals surface area contributed by atoms with Crippen molar-refractivity contribution in [1.82, 2.24) is 30.8 Å². The highest BCUT2D eigenvalue weighted by Gasteiger charge is 2.11. The first kappa shape index (κ1) is 22.1. The predicted molar refractivity (Wildman–Crippen MR) is 130 cm³/mol. The zero-order chi connectivity index (χ0) is 24.2. The Balaban J connectivity index is 1.26. The molecule has 0 saturated carbocycles. The van der Waals surface area contributed by atoms with Crippen molar-refractivity contribution in [1.29, 1.82) is 0 Å². The Morgan fingerprint density at radius 1 is 0.914 bits per heavy atom. The molecule has 5 rings (SSSR count). The topological polar surface area (TPSA) is 122 Å². The number of aryl methyl sites for hydroxylation is 2. The summed E-state index contributed by atoms with van der Waals surface area (Å²) in [6, 6.07) is 21.7. The Morgan fingerprint density at radius 2 is 1.74 bits per heavy atom. The number of hydrogen-bond acceptors (Lipinski definition) is 7. The van der Waals surface area contributed by atoms with Gasteiger partial charge in [0.2, 0.25) is 17.7 Å². The maximum Gasteiger partial charge on any atom is 0.247 e. The molecule has 0 bridgehead atoms. The van der Waals surface area contributed by atoms with E-state index in [1.54, 1.807) is 6.92 Å². The van der Waals surface area contributed by atoms with E-state index in [0.29, 0.717) is 24.0 Å². The van der Waals surface area contributed by atoms with Gasteiger partial charge in [-0.2, -0.15) is 5.21 Å². The van der Waals surface area contributed by atoms with Gasteiger partial charge in [-0.3, -0.25) is 4.79 Å². The van der Waals surface area contributed by atoms with Gasteiger partial charge in [-0.25, -0.2) is 0 Å². The first-order valence-electron chi connectivity index (χ1n) is 11.1. The van der Waals surface area contributed by atoms with Crippen molar-refractivity contribution < 1.29 is 9.21 Å². The van der Waals surface area contributed by atoms with E-state index in [2.05, 4.69) is 43.1 Å². The smallest absolute Gasteiger partial charge is 0.247 e. The summed E-state index contributed by atoms with van der Waals surface area (Å²) in [5, 5.41) is 24.9. The lowest BCUT2D eigenvalue weighted by atomic mass is 9.96. The first-order chi connectivity index (χ1) is 17.0. The summed E-state index contributed by atoms with van der Waals surface area (Å²) in [6.45, 7) is 3.83. The summed E-state index contributed by atoms with van der Waals surface area (Å²) in [5.41, 5.74) is 6.78. The van der Waals surface area contributed by atoms with Gasteiger partial charge in [0, 0.05) is 24.6 Å². The second-order valence-corrected chi connectivity index (χ2v) is 8.28. The van der Waals surface area contributed by atoms with E-state index >= 15 is 0 Å². The van der Waals surface area contributed by atoms with Crippen molar-refractivity contribution in [3.05, 3.63) is 95.1 Å². The largest absolute Gasteiger partial charge is 0.421 e. The Morgan fingerprint density at radius 3 is 2.49 bits per heavy atom. The Kier molecular flexibility index (Phi) is 6.13. The minimum atomic E-state index is -0.0839. The van der Waals surface area contributed by atoms with Crippen LogP contribution in [0.4, 0.5) is 5.69 Å². The minimum absolute atomic E-state index is 0.0839. The number of aromatic amines is 1. The third-order valence-electron chi connectivity index (χ3n) is 5.60. The number of tetrazole rings is 1. The van der Waals surface area contributed by atoms with E-state index in [4.69, 9.17) is 4.42 Å². The average Bonchev–Trinajstić information content (AvgIpc) is 3.52. The van der Waals surface area contributed by atoms with Crippen molar-refractivity contribution in [2.24, 2.45) is 0 Å². The quantitative estimate of drug-likeness (QED) is 0.367. The lowest BCUT2D eigenvalue weighted by Crippen LogP contribution is -2.14. The van der Waals surface area contributed by atoms with E-state index < -0.39 is 0 Å². The lowest BCUT2D eigenvalue weighted by molar-refractivity contribution is -0.115. The van der Waals surface area contributed by atoms with Gasteiger partial charge in [0.15, 0.2) is 5.82 Å². The first-order valence-corrected chi connectivity index (χ1v) is 11.1. The van der Waals surface area contributed by atoms with Crippen LogP contribution in [0.5, 0.6) is 0 Å². The third-order valence-corrected chi connectivity index (χ3v) is 5.60. The number of carbonyl (C=O) groups is 1. The van der Waals surface area contributed by atoms with Crippen LogP contribution in [0.3, 0.4) is 0 Å². The molecule has 0 fully saturated rings. The molecule has 2 heterocycles. The standard InChI is InChI=1S/C26H23N7O2/c1-16-6-9-21(26-31-28-17(2)35-26)15-23(16)20-10-7-18(8-11-20)14-25(34)27-22-5-3-4-19(12-22)13-24-29-32-33-30-24/h3-12,15H,13-14H2,1-2H3,(H,27,34)(H,29,30,32,33). The molecular weight excluding hydrogens is 442 g/mol. The van der Waals surface area contributed by atoms with E-state index in [1.807, 2.05) is 66.7 Å².